The first-order chi connectivity index (χ1) is 24.8. The molecule has 2 aromatic rings. The van der Waals surface area contributed by atoms with Crippen LogP contribution in [0.1, 0.15) is 55.8 Å². The van der Waals surface area contributed by atoms with Crippen LogP contribution in [0.5, 0.6) is 5.75 Å². The van der Waals surface area contributed by atoms with Crippen LogP contribution < -0.4 is 4.74 Å². The van der Waals surface area contributed by atoms with Crippen molar-refractivity contribution in [1.82, 2.24) is 0 Å². The molecule has 0 spiro atoms. The van der Waals surface area contributed by atoms with Gasteiger partial charge in [0.2, 0.25) is 0 Å². The van der Waals surface area contributed by atoms with E-state index >= 15 is 0 Å². The molecule has 0 saturated carbocycles. The molecule has 2 rings (SSSR count). The van der Waals surface area contributed by atoms with E-state index in [9.17, 15) is 92.6 Å². The van der Waals surface area contributed by atoms with Crippen LogP contribution in [-0.2, 0) is 4.74 Å². The van der Waals surface area contributed by atoms with E-state index in [2.05, 4.69) is 11.7 Å². The van der Waals surface area contributed by atoms with Gasteiger partial charge in [-0.1, -0.05) is 63.3 Å². The second-order valence-corrected chi connectivity index (χ2v) is 11.9. The van der Waals surface area contributed by atoms with Gasteiger partial charge in [0.05, 0.1) is 12.2 Å². The standard InChI is InChI=1S/C32H28F20O3/c1-2-3-4-5-6-7-16-54-21-14-12-19(13-15-21)18-8-10-20(11-9-18)22(53)55-17-24(35,36)26(39,40)28(43,44)30(47,48)32(51,52)31(49,50)29(45,46)27(41,42)25(37,38)23(33)34/h8-15,23H,2-7,16-17H2,1H3. The maximum Gasteiger partial charge on any atom is 0.385 e. The summed E-state index contributed by atoms with van der Waals surface area (Å²) in [5, 5.41) is 0. The van der Waals surface area contributed by atoms with Crippen molar-refractivity contribution >= 4 is 5.97 Å². The lowest BCUT2D eigenvalue weighted by Crippen LogP contribution is -2.76. The number of carbonyl (C=O) groups is 1. The van der Waals surface area contributed by atoms with Gasteiger partial charge >= 0.3 is 65.7 Å². The van der Waals surface area contributed by atoms with E-state index in [1.165, 1.54) is 12.1 Å². The number of carbonyl (C=O) groups excluding carboxylic acids is 1. The maximum absolute atomic E-state index is 14.2. The summed E-state index contributed by atoms with van der Waals surface area (Å²) in [6.45, 7) is -0.947. The molecule has 3 nitrogen and oxygen atoms in total. The van der Waals surface area contributed by atoms with E-state index in [4.69, 9.17) is 4.74 Å². The highest BCUT2D eigenvalue weighted by Crippen LogP contribution is 2.65. The summed E-state index contributed by atoms with van der Waals surface area (Å²) in [6, 6.07) is 9.93. The van der Waals surface area contributed by atoms with E-state index in [-0.39, 0.29) is 0 Å². The Hall–Kier alpha value is -3.69. The number of alkyl halides is 20. The molecule has 314 valence electrons. The molecule has 0 N–H and O–H groups in total. The van der Waals surface area contributed by atoms with E-state index < -0.39 is 77.9 Å². The zero-order valence-corrected chi connectivity index (χ0v) is 27.6. The smallest absolute Gasteiger partial charge is 0.385 e. The number of halogens is 20. The van der Waals surface area contributed by atoms with E-state index in [1.807, 2.05) is 0 Å². The monoisotopic (exact) mass is 840 g/mol. The van der Waals surface area contributed by atoms with Crippen molar-refractivity contribution in [2.45, 2.75) is 105 Å². The van der Waals surface area contributed by atoms with Crippen LogP contribution in [0.4, 0.5) is 87.8 Å². The summed E-state index contributed by atoms with van der Waals surface area (Å²) in [4.78, 5) is 12.1. The Balaban J connectivity index is 2.22. The van der Waals surface area contributed by atoms with Crippen LogP contribution in [0.15, 0.2) is 48.5 Å². The van der Waals surface area contributed by atoms with Crippen molar-refractivity contribution in [2.75, 3.05) is 13.2 Å². The Bertz CT molecular complexity index is 1560. The quantitative estimate of drug-likeness (QED) is 0.0714. The van der Waals surface area contributed by atoms with Gasteiger partial charge < -0.3 is 9.47 Å². The molecule has 0 aliphatic carbocycles. The highest BCUT2D eigenvalue weighted by Gasteiger charge is 2.96. The molecule has 0 bridgehead atoms. The Morgan fingerprint density at radius 3 is 1.35 bits per heavy atom. The van der Waals surface area contributed by atoms with Crippen LogP contribution in [0.25, 0.3) is 11.1 Å². The van der Waals surface area contributed by atoms with Crippen molar-refractivity contribution in [3.05, 3.63) is 54.1 Å². The first-order valence-electron chi connectivity index (χ1n) is 15.5. The summed E-state index contributed by atoms with van der Waals surface area (Å²) >= 11 is 0. The highest BCUT2D eigenvalue weighted by atomic mass is 19.4. The number of rotatable bonds is 21. The Morgan fingerprint density at radius 1 is 0.527 bits per heavy atom. The Labute approximate surface area is 297 Å². The molecule has 0 radical (unpaired) electrons. The molecule has 55 heavy (non-hydrogen) atoms. The zero-order valence-electron chi connectivity index (χ0n) is 27.6. The molecule has 0 aromatic heterocycles. The van der Waals surface area contributed by atoms with Crippen LogP contribution in [0, 0.1) is 0 Å². The fourth-order valence-corrected chi connectivity index (χ4v) is 4.51. The van der Waals surface area contributed by atoms with Gasteiger partial charge in [0.15, 0.2) is 6.61 Å². The molecule has 0 aliphatic rings. The van der Waals surface area contributed by atoms with Crippen LogP contribution >= 0.6 is 0 Å². The van der Waals surface area contributed by atoms with Crippen molar-refractivity contribution in [2.24, 2.45) is 0 Å². The third kappa shape index (κ3) is 8.53. The van der Waals surface area contributed by atoms with Gasteiger partial charge in [-0.15, -0.1) is 0 Å². The lowest BCUT2D eigenvalue weighted by atomic mass is 9.86. The number of ether oxygens (including phenoxy) is 2. The maximum atomic E-state index is 14.2. The fraction of sp³-hybridized carbons (Fsp3) is 0.594. The molecule has 0 unspecified atom stereocenters. The minimum atomic E-state index is -9.12. The zero-order chi connectivity index (χ0) is 42.7. The molecule has 0 fully saturated rings. The molecule has 23 heteroatoms. The summed E-state index contributed by atoms with van der Waals surface area (Å²) in [5.74, 6) is -77.9. The van der Waals surface area contributed by atoms with Crippen molar-refractivity contribution < 1.29 is 102 Å². The van der Waals surface area contributed by atoms with Crippen molar-refractivity contribution in [3.8, 4) is 16.9 Å². The van der Waals surface area contributed by atoms with E-state index in [1.54, 1.807) is 12.1 Å². The average Bonchev–Trinajstić information content (AvgIpc) is 3.09. The van der Waals surface area contributed by atoms with Gasteiger partial charge in [-0.05, 0) is 41.8 Å². The van der Waals surface area contributed by atoms with Gasteiger partial charge in [-0.3, -0.25) is 0 Å². The predicted molar refractivity (Wildman–Crippen MR) is 152 cm³/mol. The Morgan fingerprint density at radius 2 is 0.909 bits per heavy atom. The first kappa shape index (κ1) is 47.5. The lowest BCUT2D eigenvalue weighted by molar-refractivity contribution is -0.465. The van der Waals surface area contributed by atoms with Gasteiger partial charge in [-0.2, -0.15) is 79.0 Å². The molecule has 0 saturated heterocycles. The third-order valence-electron chi connectivity index (χ3n) is 7.98. The highest BCUT2D eigenvalue weighted by molar-refractivity contribution is 5.90. The van der Waals surface area contributed by atoms with E-state index in [0.29, 0.717) is 23.5 Å². The summed E-state index contributed by atoms with van der Waals surface area (Å²) in [5.41, 5.74) is -0.0710. The van der Waals surface area contributed by atoms with Crippen LogP contribution in [0.2, 0.25) is 0 Å². The van der Waals surface area contributed by atoms with Gasteiger partial charge in [0.25, 0.3) is 0 Å². The topological polar surface area (TPSA) is 35.5 Å². The second-order valence-electron chi connectivity index (χ2n) is 11.9. The number of esters is 1. The van der Waals surface area contributed by atoms with Gasteiger partial charge in [0, 0.05) is 0 Å². The second kappa shape index (κ2) is 16.4. The van der Waals surface area contributed by atoms with Crippen LogP contribution in [0.3, 0.4) is 0 Å². The molecule has 0 heterocycles. The average molecular weight is 841 g/mol. The van der Waals surface area contributed by atoms with Gasteiger partial charge in [0.1, 0.15) is 5.75 Å². The fourth-order valence-electron chi connectivity index (χ4n) is 4.51. The number of benzene rings is 2. The van der Waals surface area contributed by atoms with Crippen molar-refractivity contribution in [3.63, 3.8) is 0 Å². The number of hydrogen-bond acceptors (Lipinski definition) is 3. The summed E-state index contributed by atoms with van der Waals surface area (Å²) in [7, 11) is 0. The lowest BCUT2D eigenvalue weighted by Gasteiger charge is -2.44. The number of unbranched alkanes of at least 4 members (excludes halogenated alkanes) is 5. The molecule has 0 atom stereocenters. The van der Waals surface area contributed by atoms with Crippen molar-refractivity contribution in [1.29, 1.82) is 0 Å². The largest absolute Gasteiger partial charge is 0.494 e. The molecular weight excluding hydrogens is 812 g/mol. The van der Waals surface area contributed by atoms with Crippen LogP contribution in [-0.4, -0.2) is 78.9 Å². The third-order valence-corrected chi connectivity index (χ3v) is 7.98. The minimum Gasteiger partial charge on any atom is -0.494 e. The minimum absolute atomic E-state index is 0.303. The summed E-state index contributed by atoms with van der Waals surface area (Å²) in [6.07, 6.45) is -0.0592. The van der Waals surface area contributed by atoms with E-state index in [0.717, 1.165) is 62.8 Å². The van der Waals surface area contributed by atoms with Gasteiger partial charge in [-0.25, -0.2) is 13.6 Å². The molecule has 2 aromatic carbocycles. The molecular formula is C32H28F20O3. The normalized spacial score (nSPS) is 14.4. The summed E-state index contributed by atoms with van der Waals surface area (Å²) < 4.78 is 282. The SMILES string of the molecule is CCCCCCCCOc1ccc(-c2ccc(C(=O)OCC(F)(F)C(F)(F)C(F)(F)C(F)(F)C(F)(F)C(F)(F)C(F)(F)C(F)(F)C(F)(F)C(F)F)cc2)cc1. The molecule has 0 aliphatic heterocycles. The Kier molecular flexibility index (Phi) is 14.2. The molecule has 0 amide bonds. The predicted octanol–water partition coefficient (Wildman–Crippen LogP) is 12.2. The number of hydrogen-bond donors (Lipinski definition) is 0. The first-order valence-corrected chi connectivity index (χ1v) is 15.5.